The molecular formula is C24H30F6N2O3. The number of alkyl halides is 5. The molecule has 3 fully saturated rings. The summed E-state index contributed by atoms with van der Waals surface area (Å²) in [5.74, 6) is -4.40. The van der Waals surface area contributed by atoms with E-state index in [0.717, 1.165) is 12.8 Å². The largest absolute Gasteiger partial charge is 0.493 e. The first-order valence-corrected chi connectivity index (χ1v) is 12.0. The first-order valence-electron chi connectivity index (χ1n) is 12.0. The fraction of sp³-hybridized carbons (Fsp3) is 0.708. The van der Waals surface area contributed by atoms with Crippen LogP contribution in [0.4, 0.5) is 26.3 Å². The monoisotopic (exact) mass is 508 g/mol. The van der Waals surface area contributed by atoms with Crippen molar-refractivity contribution in [1.82, 2.24) is 9.80 Å². The Kier molecular flexibility index (Phi) is 7.57. The molecule has 3 atom stereocenters. The molecule has 35 heavy (non-hydrogen) atoms. The van der Waals surface area contributed by atoms with Gasteiger partial charge in [-0.3, -0.25) is 9.69 Å². The maximum atomic E-state index is 14.5. The molecule has 1 aliphatic carbocycles. The van der Waals surface area contributed by atoms with E-state index < -0.39 is 36.5 Å². The number of aliphatic hydroxyl groups is 1. The smallest absolute Gasteiger partial charge is 0.454 e. The molecule has 0 radical (unpaired) electrons. The summed E-state index contributed by atoms with van der Waals surface area (Å²) in [6, 6.07) is 4.10. The fourth-order valence-corrected chi connectivity index (χ4v) is 5.27. The lowest BCUT2D eigenvalue weighted by molar-refractivity contribution is -0.287. The normalized spacial score (nSPS) is 26.3. The minimum absolute atomic E-state index is 0.0620. The van der Waals surface area contributed by atoms with E-state index in [2.05, 4.69) is 0 Å². The number of hydrogen-bond acceptors (Lipinski definition) is 4. The molecule has 2 unspecified atom stereocenters. The molecule has 1 aromatic rings. The van der Waals surface area contributed by atoms with E-state index in [0.29, 0.717) is 55.9 Å². The summed E-state index contributed by atoms with van der Waals surface area (Å²) in [4.78, 5) is 15.0. The van der Waals surface area contributed by atoms with Gasteiger partial charge in [0.1, 0.15) is 11.6 Å². The zero-order valence-electron chi connectivity index (χ0n) is 19.2. The Bertz CT molecular complexity index is 904. The summed E-state index contributed by atoms with van der Waals surface area (Å²) in [7, 11) is 0. The van der Waals surface area contributed by atoms with Gasteiger partial charge in [0.05, 0.1) is 24.8 Å². The van der Waals surface area contributed by atoms with E-state index in [1.807, 2.05) is 0 Å². The highest BCUT2D eigenvalue weighted by Crippen LogP contribution is 2.50. The number of hydrogen-bond donors (Lipinski definition) is 1. The van der Waals surface area contributed by atoms with Crippen molar-refractivity contribution in [1.29, 1.82) is 0 Å². The third-order valence-electron chi connectivity index (χ3n) is 7.43. The molecule has 0 bridgehead atoms. The van der Waals surface area contributed by atoms with Crippen LogP contribution in [0.1, 0.15) is 42.5 Å². The fourth-order valence-electron chi connectivity index (χ4n) is 5.27. The van der Waals surface area contributed by atoms with E-state index in [1.165, 1.54) is 21.9 Å². The van der Waals surface area contributed by atoms with Gasteiger partial charge in [-0.1, -0.05) is 0 Å². The van der Waals surface area contributed by atoms with E-state index in [-0.39, 0.29) is 25.2 Å². The number of carbonyl (C=O) groups excluding carboxylic acids is 1. The first-order chi connectivity index (χ1) is 16.4. The maximum absolute atomic E-state index is 14.5. The van der Waals surface area contributed by atoms with Crippen LogP contribution < -0.4 is 4.74 Å². The van der Waals surface area contributed by atoms with Crippen LogP contribution in [-0.4, -0.2) is 78.3 Å². The van der Waals surface area contributed by atoms with E-state index in [1.54, 1.807) is 6.07 Å². The van der Waals surface area contributed by atoms with Gasteiger partial charge >= 0.3 is 12.1 Å². The predicted octanol–water partition coefficient (Wildman–Crippen LogP) is 4.35. The molecule has 1 amide bonds. The van der Waals surface area contributed by atoms with Gasteiger partial charge in [0.15, 0.2) is 0 Å². The zero-order chi connectivity index (χ0) is 25.4. The molecule has 5 nitrogen and oxygen atoms in total. The molecule has 2 heterocycles. The van der Waals surface area contributed by atoms with E-state index >= 15 is 0 Å². The molecule has 2 saturated heterocycles. The summed E-state index contributed by atoms with van der Waals surface area (Å²) in [5, 5.41) is 9.56. The van der Waals surface area contributed by atoms with Crippen LogP contribution in [0.15, 0.2) is 18.2 Å². The number of ether oxygens (including phenoxy) is 1. The Morgan fingerprint density at radius 2 is 1.80 bits per heavy atom. The standard InChI is InChI=1S/C24H30F6N2O3/c25-21-12-18(1-2-19(21)22(34)32-9-5-17(33)13-32)35-10-6-16-11-20(16)15-3-7-31(8-4-15)14-23(26,27)24(28,29)30/h1-2,12,15-17,20,33H,3-11,13-14H2/t16?,17?,20-/m1/s1. The number of piperidine rings is 1. The average Bonchev–Trinajstić information content (AvgIpc) is 3.42. The Morgan fingerprint density at radius 1 is 1.09 bits per heavy atom. The molecule has 0 aromatic heterocycles. The number of amides is 1. The topological polar surface area (TPSA) is 53.0 Å². The predicted molar refractivity (Wildman–Crippen MR) is 115 cm³/mol. The van der Waals surface area contributed by atoms with Gasteiger partial charge in [0.2, 0.25) is 0 Å². The molecule has 196 valence electrons. The summed E-state index contributed by atoms with van der Waals surface area (Å²) in [6.07, 6.45) is -2.72. The minimum atomic E-state index is -5.53. The van der Waals surface area contributed by atoms with Crippen molar-refractivity contribution in [3.05, 3.63) is 29.6 Å². The Hall–Kier alpha value is -2.01. The van der Waals surface area contributed by atoms with Crippen LogP contribution in [0.25, 0.3) is 0 Å². The quantitative estimate of drug-likeness (QED) is 0.531. The van der Waals surface area contributed by atoms with E-state index in [4.69, 9.17) is 4.74 Å². The van der Waals surface area contributed by atoms with Crippen LogP contribution in [0.3, 0.4) is 0 Å². The van der Waals surface area contributed by atoms with Crippen molar-refractivity contribution in [2.45, 2.75) is 50.3 Å². The van der Waals surface area contributed by atoms with Gasteiger partial charge in [-0.25, -0.2) is 4.39 Å². The Labute approximate surface area is 200 Å². The van der Waals surface area contributed by atoms with Crippen LogP contribution in [0, 0.1) is 23.6 Å². The number of benzene rings is 1. The maximum Gasteiger partial charge on any atom is 0.454 e. The molecule has 2 aliphatic heterocycles. The van der Waals surface area contributed by atoms with Crippen LogP contribution in [0.5, 0.6) is 5.75 Å². The minimum Gasteiger partial charge on any atom is -0.493 e. The van der Waals surface area contributed by atoms with Crippen molar-refractivity contribution in [3.63, 3.8) is 0 Å². The van der Waals surface area contributed by atoms with E-state index in [9.17, 15) is 36.2 Å². The summed E-state index contributed by atoms with van der Waals surface area (Å²) in [5.41, 5.74) is -0.0620. The zero-order valence-corrected chi connectivity index (χ0v) is 19.2. The van der Waals surface area contributed by atoms with Gasteiger partial charge in [-0.2, -0.15) is 22.0 Å². The lowest BCUT2D eigenvalue weighted by Crippen LogP contribution is -2.49. The Morgan fingerprint density at radius 3 is 2.40 bits per heavy atom. The molecule has 11 heteroatoms. The summed E-state index contributed by atoms with van der Waals surface area (Å²) in [6.45, 7) is 0.125. The molecule has 1 saturated carbocycles. The first kappa shape index (κ1) is 26.1. The Balaban J connectivity index is 1.17. The number of β-amino-alcohol motifs (C(OH)–C–C–N with tert-alkyl or cyclic N) is 1. The molecule has 1 aromatic carbocycles. The molecule has 0 spiro atoms. The highest BCUT2D eigenvalue weighted by Gasteiger charge is 2.58. The number of nitrogens with zero attached hydrogens (tertiary/aromatic N) is 2. The highest BCUT2D eigenvalue weighted by molar-refractivity contribution is 5.94. The number of carbonyl (C=O) groups is 1. The average molecular weight is 509 g/mol. The number of aliphatic hydroxyl groups excluding tert-OH is 1. The van der Waals surface area contributed by atoms with Crippen LogP contribution in [-0.2, 0) is 0 Å². The van der Waals surface area contributed by atoms with Gasteiger partial charge in [-0.15, -0.1) is 0 Å². The van der Waals surface area contributed by atoms with Gasteiger partial charge < -0.3 is 14.7 Å². The molecule has 3 aliphatic rings. The second kappa shape index (κ2) is 10.2. The summed E-state index contributed by atoms with van der Waals surface area (Å²) < 4.78 is 83.9. The van der Waals surface area contributed by atoms with Crippen molar-refractivity contribution in [2.75, 3.05) is 39.3 Å². The number of likely N-dealkylation sites (tertiary alicyclic amines) is 2. The summed E-state index contributed by atoms with van der Waals surface area (Å²) >= 11 is 0. The van der Waals surface area contributed by atoms with Crippen molar-refractivity contribution < 1.29 is 41.0 Å². The van der Waals surface area contributed by atoms with Gasteiger partial charge in [0, 0.05) is 19.2 Å². The van der Waals surface area contributed by atoms with Crippen molar-refractivity contribution >= 4 is 5.91 Å². The van der Waals surface area contributed by atoms with Crippen molar-refractivity contribution in [2.24, 2.45) is 17.8 Å². The second-order valence-electron chi connectivity index (χ2n) is 9.95. The van der Waals surface area contributed by atoms with Crippen LogP contribution >= 0.6 is 0 Å². The van der Waals surface area contributed by atoms with Crippen LogP contribution in [0.2, 0.25) is 0 Å². The second-order valence-corrected chi connectivity index (χ2v) is 9.95. The number of rotatable bonds is 8. The lowest BCUT2D eigenvalue weighted by Gasteiger charge is -2.34. The highest BCUT2D eigenvalue weighted by atomic mass is 19.4. The SMILES string of the molecule is O=C(c1ccc(OCCC2C[C@@H]2C2CCN(CC(F)(F)C(F)(F)F)CC2)cc1F)N1CCC(O)C1. The third-order valence-corrected chi connectivity index (χ3v) is 7.43. The molecule has 4 rings (SSSR count). The van der Waals surface area contributed by atoms with Crippen molar-refractivity contribution in [3.8, 4) is 5.75 Å². The molecular weight excluding hydrogens is 478 g/mol. The van der Waals surface area contributed by atoms with Gasteiger partial charge in [-0.05, 0) is 75.1 Å². The third kappa shape index (κ3) is 6.22. The molecule has 1 N–H and O–H groups in total. The lowest BCUT2D eigenvalue weighted by atomic mass is 9.90. The van der Waals surface area contributed by atoms with Gasteiger partial charge in [0.25, 0.3) is 5.91 Å². The number of halogens is 6.